The fourth-order valence-electron chi connectivity index (χ4n) is 3.53. The number of nitrogens with one attached hydrogen (secondary N) is 1. The Morgan fingerprint density at radius 3 is 2.58 bits per heavy atom. The van der Waals surface area contributed by atoms with Gasteiger partial charge in [-0.15, -0.1) is 0 Å². The maximum absolute atomic E-state index is 12.5. The molecule has 134 valence electrons. The molecular formula is C19H32N4O. The monoisotopic (exact) mass is 332 g/mol. The number of carbonyl (C=O) groups is 1. The topological polar surface area (TPSA) is 48.5 Å². The zero-order chi connectivity index (χ0) is 17.7. The third-order valence-corrected chi connectivity index (χ3v) is 5.51. The molecular weight excluding hydrogens is 300 g/mol. The molecule has 1 aliphatic rings. The van der Waals surface area contributed by atoms with Gasteiger partial charge in [0.15, 0.2) is 0 Å². The standard InChI is InChI=1S/C19H32N4O/c1-15-8-11-20-17(12-15)13-16(2)23(5)18(24)21-14-19(22(3)4)9-6-7-10-19/h8,11-12,16H,6-7,9-10,13-14H2,1-5H3,(H,21,24). The number of aromatic nitrogens is 1. The summed E-state index contributed by atoms with van der Waals surface area (Å²) in [5.41, 5.74) is 2.36. The molecule has 1 saturated carbocycles. The van der Waals surface area contributed by atoms with Gasteiger partial charge in [0, 0.05) is 43.5 Å². The highest BCUT2D eigenvalue weighted by atomic mass is 16.2. The van der Waals surface area contributed by atoms with E-state index < -0.39 is 0 Å². The van der Waals surface area contributed by atoms with Crippen LogP contribution < -0.4 is 5.32 Å². The van der Waals surface area contributed by atoms with E-state index in [1.54, 1.807) is 4.90 Å². The molecule has 1 fully saturated rings. The maximum atomic E-state index is 12.5. The average molecular weight is 332 g/mol. The Bertz CT molecular complexity index is 552. The van der Waals surface area contributed by atoms with Crippen LogP contribution >= 0.6 is 0 Å². The van der Waals surface area contributed by atoms with Crippen molar-refractivity contribution in [3.63, 3.8) is 0 Å². The lowest BCUT2D eigenvalue weighted by molar-refractivity contribution is 0.145. The molecule has 5 nitrogen and oxygen atoms in total. The van der Waals surface area contributed by atoms with E-state index in [2.05, 4.69) is 49.2 Å². The lowest BCUT2D eigenvalue weighted by atomic mass is 9.96. The molecule has 1 aliphatic carbocycles. The minimum Gasteiger partial charge on any atom is -0.336 e. The molecule has 0 aromatic carbocycles. The van der Waals surface area contributed by atoms with Gasteiger partial charge in [0.2, 0.25) is 0 Å². The Morgan fingerprint density at radius 2 is 2.00 bits per heavy atom. The minimum atomic E-state index is 0.00304. The number of carbonyl (C=O) groups excluding carboxylic acids is 1. The summed E-state index contributed by atoms with van der Waals surface area (Å²) in [6.45, 7) is 4.86. The Morgan fingerprint density at radius 1 is 1.33 bits per heavy atom. The molecule has 0 radical (unpaired) electrons. The van der Waals surface area contributed by atoms with Gasteiger partial charge in [-0.1, -0.05) is 12.8 Å². The Hall–Kier alpha value is -1.62. The zero-order valence-electron chi connectivity index (χ0n) is 15.8. The van der Waals surface area contributed by atoms with Gasteiger partial charge in [0.05, 0.1) is 0 Å². The van der Waals surface area contributed by atoms with Gasteiger partial charge in [-0.3, -0.25) is 4.98 Å². The number of hydrogen-bond acceptors (Lipinski definition) is 3. The highest BCUT2D eigenvalue weighted by Gasteiger charge is 2.36. The van der Waals surface area contributed by atoms with Crippen LogP contribution in [0.3, 0.4) is 0 Å². The third-order valence-electron chi connectivity index (χ3n) is 5.51. The van der Waals surface area contributed by atoms with Gasteiger partial charge in [-0.05, 0) is 58.5 Å². The number of pyridine rings is 1. The molecule has 0 bridgehead atoms. The van der Waals surface area contributed by atoms with Crippen LogP contribution in [0.1, 0.15) is 43.9 Å². The van der Waals surface area contributed by atoms with E-state index in [1.807, 2.05) is 19.3 Å². The summed E-state index contributed by atoms with van der Waals surface area (Å²) in [4.78, 5) is 21.0. The van der Waals surface area contributed by atoms with Crippen molar-refractivity contribution in [3.05, 3.63) is 29.6 Å². The second kappa shape index (κ2) is 7.97. The van der Waals surface area contributed by atoms with Crippen LogP contribution in [0.25, 0.3) is 0 Å². The van der Waals surface area contributed by atoms with Crippen molar-refractivity contribution in [2.45, 2.75) is 57.5 Å². The highest BCUT2D eigenvalue weighted by Crippen LogP contribution is 2.33. The van der Waals surface area contributed by atoms with Crippen molar-refractivity contribution in [1.29, 1.82) is 0 Å². The van der Waals surface area contributed by atoms with Gasteiger partial charge in [-0.2, -0.15) is 0 Å². The third kappa shape index (κ3) is 4.47. The molecule has 0 aliphatic heterocycles. The Labute approximate surface area is 146 Å². The molecule has 1 aromatic heterocycles. The summed E-state index contributed by atoms with van der Waals surface area (Å²) >= 11 is 0. The van der Waals surface area contributed by atoms with Crippen LogP contribution in [0.5, 0.6) is 0 Å². The second-order valence-electron chi connectivity index (χ2n) is 7.47. The minimum absolute atomic E-state index is 0.00304. The van der Waals surface area contributed by atoms with Crippen LogP contribution in [0.2, 0.25) is 0 Å². The average Bonchev–Trinajstić information content (AvgIpc) is 3.02. The predicted molar refractivity (Wildman–Crippen MR) is 98.2 cm³/mol. The van der Waals surface area contributed by atoms with Gasteiger partial charge in [0.1, 0.15) is 0 Å². The first-order valence-corrected chi connectivity index (χ1v) is 8.94. The number of hydrogen-bond donors (Lipinski definition) is 1. The predicted octanol–water partition coefficient (Wildman–Crippen LogP) is 2.84. The summed E-state index contributed by atoms with van der Waals surface area (Å²) in [7, 11) is 6.10. The fraction of sp³-hybridized carbons (Fsp3) is 0.684. The van der Waals surface area contributed by atoms with Crippen LogP contribution in [0.4, 0.5) is 4.79 Å². The van der Waals surface area contributed by atoms with Crippen molar-refractivity contribution in [1.82, 2.24) is 20.1 Å². The first-order valence-electron chi connectivity index (χ1n) is 8.94. The van der Waals surface area contributed by atoms with E-state index in [9.17, 15) is 4.79 Å². The number of rotatable bonds is 6. The van der Waals surface area contributed by atoms with Crippen LogP contribution in [0, 0.1) is 6.92 Å². The molecule has 2 amide bonds. The van der Waals surface area contributed by atoms with Crippen molar-refractivity contribution in [2.24, 2.45) is 0 Å². The molecule has 5 heteroatoms. The quantitative estimate of drug-likeness (QED) is 0.871. The number of amides is 2. The number of nitrogens with zero attached hydrogens (tertiary/aromatic N) is 3. The Kier molecular flexibility index (Phi) is 6.21. The largest absolute Gasteiger partial charge is 0.336 e. The summed E-state index contributed by atoms with van der Waals surface area (Å²) in [5.74, 6) is 0. The van der Waals surface area contributed by atoms with Crippen LogP contribution in [-0.4, -0.2) is 60.1 Å². The van der Waals surface area contributed by atoms with Crippen molar-refractivity contribution in [3.8, 4) is 0 Å². The van der Waals surface area contributed by atoms with E-state index in [-0.39, 0.29) is 17.6 Å². The molecule has 1 unspecified atom stereocenters. The Balaban J connectivity index is 1.89. The van der Waals surface area contributed by atoms with E-state index in [4.69, 9.17) is 0 Å². The van der Waals surface area contributed by atoms with Crippen molar-refractivity contribution in [2.75, 3.05) is 27.7 Å². The highest BCUT2D eigenvalue weighted by molar-refractivity contribution is 5.74. The molecule has 2 rings (SSSR count). The summed E-state index contributed by atoms with van der Waals surface area (Å²) in [6, 6.07) is 4.19. The zero-order valence-corrected chi connectivity index (χ0v) is 15.8. The molecule has 1 N–H and O–H groups in total. The molecule has 1 aromatic rings. The van der Waals surface area contributed by atoms with Gasteiger partial charge >= 0.3 is 6.03 Å². The number of aryl methyl sites for hydroxylation is 1. The van der Waals surface area contributed by atoms with Crippen LogP contribution in [-0.2, 0) is 6.42 Å². The summed E-state index contributed by atoms with van der Waals surface area (Å²) in [5, 5.41) is 3.15. The van der Waals surface area contributed by atoms with E-state index in [0.29, 0.717) is 0 Å². The first kappa shape index (κ1) is 18.7. The lowest BCUT2D eigenvalue weighted by Gasteiger charge is -2.37. The number of likely N-dealkylation sites (N-methyl/N-ethyl adjacent to an activating group) is 2. The second-order valence-corrected chi connectivity index (χ2v) is 7.47. The van der Waals surface area contributed by atoms with Crippen molar-refractivity contribution < 1.29 is 4.79 Å². The molecule has 0 saturated heterocycles. The van der Waals surface area contributed by atoms with Gasteiger partial charge in [0.25, 0.3) is 0 Å². The maximum Gasteiger partial charge on any atom is 0.317 e. The van der Waals surface area contributed by atoms with E-state index in [0.717, 1.165) is 31.5 Å². The van der Waals surface area contributed by atoms with Gasteiger partial charge in [-0.25, -0.2) is 4.79 Å². The fourth-order valence-corrected chi connectivity index (χ4v) is 3.53. The lowest BCUT2D eigenvalue weighted by Crippen LogP contribution is -2.53. The molecule has 24 heavy (non-hydrogen) atoms. The SMILES string of the molecule is Cc1ccnc(CC(C)N(C)C(=O)NCC2(N(C)C)CCCC2)c1. The molecule has 0 spiro atoms. The smallest absolute Gasteiger partial charge is 0.317 e. The van der Waals surface area contributed by atoms with Crippen molar-refractivity contribution >= 4 is 6.03 Å². The van der Waals surface area contributed by atoms with Gasteiger partial charge < -0.3 is 15.1 Å². The van der Waals surface area contributed by atoms with E-state index in [1.165, 1.54) is 18.4 Å². The summed E-state index contributed by atoms with van der Waals surface area (Å²) in [6.07, 6.45) is 7.42. The van der Waals surface area contributed by atoms with E-state index >= 15 is 0 Å². The summed E-state index contributed by atoms with van der Waals surface area (Å²) < 4.78 is 0. The molecule has 1 atom stereocenters. The number of urea groups is 1. The van der Waals surface area contributed by atoms with Crippen LogP contribution in [0.15, 0.2) is 18.3 Å². The molecule has 1 heterocycles. The first-order chi connectivity index (χ1) is 11.3. The normalized spacial score (nSPS) is 17.8.